The number of hydrogen-bond acceptors (Lipinski definition) is 3. The Labute approximate surface area is 92.0 Å². The van der Waals surface area contributed by atoms with Crippen molar-refractivity contribution in [2.75, 3.05) is 0 Å². The molecule has 1 aromatic rings. The van der Waals surface area contributed by atoms with Gasteiger partial charge in [-0.1, -0.05) is 30.3 Å². The molecule has 0 aliphatic rings. The Hall–Kier alpha value is -2.37. The fourth-order valence-corrected chi connectivity index (χ4v) is 1.05. The van der Waals surface area contributed by atoms with Crippen molar-refractivity contribution in [1.82, 2.24) is 5.01 Å². The number of amides is 2. The van der Waals surface area contributed by atoms with E-state index in [0.29, 0.717) is 6.21 Å². The predicted molar refractivity (Wildman–Crippen MR) is 57.7 cm³/mol. The number of urea groups is 1. The average molecular weight is 221 g/mol. The normalized spacial score (nSPS) is 10.2. The monoisotopic (exact) mass is 221 g/mol. The molecule has 0 aliphatic heterocycles. The van der Waals surface area contributed by atoms with Crippen molar-refractivity contribution in [2.24, 2.45) is 10.8 Å². The lowest BCUT2D eigenvalue weighted by Gasteiger charge is -2.13. The van der Waals surface area contributed by atoms with Gasteiger partial charge in [0.2, 0.25) is 0 Å². The minimum absolute atomic E-state index is 0.139. The first-order valence-corrected chi connectivity index (χ1v) is 4.47. The Bertz CT molecular complexity index is 403. The van der Waals surface area contributed by atoms with Gasteiger partial charge in [0.1, 0.15) is 6.21 Å². The highest BCUT2D eigenvalue weighted by molar-refractivity contribution is 6.22. The molecule has 0 heterocycles. The topological polar surface area (TPSA) is 96.0 Å². The molecule has 0 aliphatic carbocycles. The Kier molecular flexibility index (Phi) is 4.02. The van der Waals surface area contributed by atoms with E-state index in [0.717, 1.165) is 10.6 Å². The fourth-order valence-electron chi connectivity index (χ4n) is 1.05. The highest BCUT2D eigenvalue weighted by atomic mass is 16.4. The van der Waals surface area contributed by atoms with Crippen molar-refractivity contribution in [3.8, 4) is 0 Å². The second-order valence-corrected chi connectivity index (χ2v) is 2.96. The van der Waals surface area contributed by atoms with Gasteiger partial charge in [-0.3, -0.25) is 0 Å². The molecule has 0 saturated heterocycles. The van der Waals surface area contributed by atoms with E-state index in [1.54, 1.807) is 24.3 Å². The maximum Gasteiger partial charge on any atom is 0.348 e. The summed E-state index contributed by atoms with van der Waals surface area (Å²) in [5.74, 6) is -1.24. The van der Waals surface area contributed by atoms with E-state index < -0.39 is 12.0 Å². The predicted octanol–water partition coefficient (Wildman–Crippen LogP) is 0.638. The zero-order chi connectivity index (χ0) is 12.0. The molecule has 0 fully saturated rings. The van der Waals surface area contributed by atoms with Gasteiger partial charge in [0.25, 0.3) is 0 Å². The van der Waals surface area contributed by atoms with Crippen LogP contribution in [-0.2, 0) is 11.3 Å². The van der Waals surface area contributed by atoms with Gasteiger partial charge in [-0.15, -0.1) is 0 Å². The molecule has 6 nitrogen and oxygen atoms in total. The molecule has 0 unspecified atom stereocenters. The van der Waals surface area contributed by atoms with Crippen LogP contribution in [0.15, 0.2) is 35.4 Å². The summed E-state index contributed by atoms with van der Waals surface area (Å²) in [5, 5.41) is 12.7. The summed E-state index contributed by atoms with van der Waals surface area (Å²) in [7, 11) is 0. The number of rotatable bonds is 4. The van der Waals surface area contributed by atoms with Crippen molar-refractivity contribution in [1.29, 1.82) is 0 Å². The van der Waals surface area contributed by atoms with E-state index in [-0.39, 0.29) is 6.54 Å². The second kappa shape index (κ2) is 5.50. The second-order valence-electron chi connectivity index (χ2n) is 2.96. The molecule has 0 spiro atoms. The number of nitrogens with two attached hydrogens (primary N) is 1. The van der Waals surface area contributed by atoms with Gasteiger partial charge in [-0.05, 0) is 5.56 Å². The SMILES string of the molecule is NC(=O)N(Cc1ccccc1)N=CC(=O)O. The number of hydrogen-bond donors (Lipinski definition) is 2. The van der Waals surface area contributed by atoms with Crippen molar-refractivity contribution >= 4 is 18.2 Å². The smallest absolute Gasteiger partial charge is 0.348 e. The number of carbonyl (C=O) groups is 2. The lowest BCUT2D eigenvalue weighted by atomic mass is 10.2. The van der Waals surface area contributed by atoms with Crippen LogP contribution < -0.4 is 5.73 Å². The molecule has 0 aromatic heterocycles. The summed E-state index contributed by atoms with van der Waals surface area (Å²) in [6.45, 7) is 0.139. The highest BCUT2D eigenvalue weighted by Crippen LogP contribution is 2.03. The molecule has 0 radical (unpaired) electrons. The third-order valence-electron chi connectivity index (χ3n) is 1.74. The first-order chi connectivity index (χ1) is 7.59. The highest BCUT2D eigenvalue weighted by Gasteiger charge is 2.08. The van der Waals surface area contributed by atoms with Gasteiger partial charge < -0.3 is 10.8 Å². The van der Waals surface area contributed by atoms with Gasteiger partial charge in [-0.2, -0.15) is 5.10 Å². The van der Waals surface area contributed by atoms with Crippen molar-refractivity contribution < 1.29 is 14.7 Å². The van der Waals surface area contributed by atoms with Crippen LogP contribution in [0.1, 0.15) is 5.56 Å². The van der Waals surface area contributed by atoms with Crippen LogP contribution in [0.5, 0.6) is 0 Å². The number of carboxylic acid groups (broad SMARTS) is 1. The number of carboxylic acids is 1. The number of carbonyl (C=O) groups excluding carboxylic acids is 1. The molecule has 1 aromatic carbocycles. The van der Waals surface area contributed by atoms with E-state index in [4.69, 9.17) is 10.8 Å². The molecular weight excluding hydrogens is 210 g/mol. The standard InChI is InChI=1S/C10H11N3O3/c11-10(16)13(12-6-9(14)15)7-8-4-2-1-3-5-8/h1-6H,7H2,(H2,11,16)(H,14,15). The summed E-state index contributed by atoms with van der Waals surface area (Å²) >= 11 is 0. The molecule has 3 N–H and O–H groups in total. The van der Waals surface area contributed by atoms with Crippen molar-refractivity contribution in [2.45, 2.75) is 6.54 Å². The molecule has 6 heteroatoms. The van der Waals surface area contributed by atoms with E-state index >= 15 is 0 Å². The summed E-state index contributed by atoms with van der Waals surface area (Å²) in [5.41, 5.74) is 5.86. The molecule has 84 valence electrons. The largest absolute Gasteiger partial charge is 0.477 e. The lowest BCUT2D eigenvalue weighted by Crippen LogP contribution is -2.31. The first-order valence-electron chi connectivity index (χ1n) is 4.47. The number of benzene rings is 1. The molecule has 2 amide bonds. The van der Waals surface area contributed by atoms with E-state index in [1.807, 2.05) is 6.07 Å². The van der Waals surface area contributed by atoms with Crippen molar-refractivity contribution in [3.05, 3.63) is 35.9 Å². The zero-order valence-corrected chi connectivity index (χ0v) is 8.41. The Morgan fingerprint density at radius 3 is 2.50 bits per heavy atom. The van der Waals surface area contributed by atoms with E-state index in [2.05, 4.69) is 5.10 Å². The number of hydrazone groups is 1. The third-order valence-corrected chi connectivity index (χ3v) is 1.74. The summed E-state index contributed by atoms with van der Waals surface area (Å²) in [6, 6.07) is 8.20. The van der Waals surface area contributed by atoms with Crippen LogP contribution in [0, 0.1) is 0 Å². The van der Waals surface area contributed by atoms with Crippen LogP contribution in [0.2, 0.25) is 0 Å². The molecular formula is C10H11N3O3. The fraction of sp³-hybridized carbons (Fsp3) is 0.100. The molecule has 0 atom stereocenters. The minimum atomic E-state index is -1.24. The Morgan fingerprint density at radius 1 is 1.38 bits per heavy atom. The number of aliphatic carboxylic acids is 1. The van der Waals surface area contributed by atoms with Crippen LogP contribution >= 0.6 is 0 Å². The van der Waals surface area contributed by atoms with Crippen LogP contribution in [-0.4, -0.2) is 28.3 Å². The van der Waals surface area contributed by atoms with Crippen molar-refractivity contribution in [3.63, 3.8) is 0 Å². The summed E-state index contributed by atoms with van der Waals surface area (Å²) in [6.07, 6.45) is 0.619. The van der Waals surface area contributed by atoms with E-state index in [9.17, 15) is 9.59 Å². The lowest BCUT2D eigenvalue weighted by molar-refractivity contribution is -0.128. The van der Waals surface area contributed by atoms with Gasteiger partial charge in [-0.25, -0.2) is 14.6 Å². The number of primary amides is 1. The first kappa shape index (κ1) is 11.7. The average Bonchev–Trinajstić information content (AvgIpc) is 2.25. The van der Waals surface area contributed by atoms with Crippen LogP contribution in [0.3, 0.4) is 0 Å². The Balaban J connectivity index is 2.73. The van der Waals surface area contributed by atoms with Crippen LogP contribution in [0.25, 0.3) is 0 Å². The quantitative estimate of drug-likeness (QED) is 0.576. The van der Waals surface area contributed by atoms with Crippen LogP contribution in [0.4, 0.5) is 4.79 Å². The maximum atomic E-state index is 11.0. The minimum Gasteiger partial charge on any atom is -0.477 e. The summed E-state index contributed by atoms with van der Waals surface area (Å²) in [4.78, 5) is 21.2. The van der Waals surface area contributed by atoms with E-state index in [1.165, 1.54) is 0 Å². The third kappa shape index (κ3) is 3.79. The molecule has 16 heavy (non-hydrogen) atoms. The zero-order valence-electron chi connectivity index (χ0n) is 8.41. The molecule has 0 bridgehead atoms. The van der Waals surface area contributed by atoms with Gasteiger partial charge >= 0.3 is 12.0 Å². The van der Waals surface area contributed by atoms with Gasteiger partial charge in [0, 0.05) is 0 Å². The molecule has 1 rings (SSSR count). The Morgan fingerprint density at radius 2 is 2.00 bits per heavy atom. The molecule has 0 saturated carbocycles. The number of nitrogens with zero attached hydrogens (tertiary/aromatic N) is 2. The maximum absolute atomic E-state index is 11.0. The van der Waals surface area contributed by atoms with Gasteiger partial charge in [0.05, 0.1) is 6.54 Å². The van der Waals surface area contributed by atoms with Gasteiger partial charge in [0.15, 0.2) is 0 Å². The summed E-state index contributed by atoms with van der Waals surface area (Å²) < 4.78 is 0.